The summed E-state index contributed by atoms with van der Waals surface area (Å²) in [4.78, 5) is 11.2. The van der Waals surface area contributed by atoms with Crippen LogP contribution in [0.3, 0.4) is 0 Å². The van der Waals surface area contributed by atoms with Gasteiger partial charge in [0.15, 0.2) is 0 Å². The van der Waals surface area contributed by atoms with Gasteiger partial charge in [0.25, 0.3) is 0 Å². The third kappa shape index (κ3) is 2.57. The number of anilines is 2. The minimum Gasteiger partial charge on any atom is -0.378 e. The molecule has 0 aromatic carbocycles. The van der Waals surface area contributed by atoms with E-state index in [0.717, 1.165) is 37.8 Å². The number of nitrogens with zero attached hydrogens (tertiary/aromatic N) is 2. The molecule has 2 heterocycles. The predicted molar refractivity (Wildman–Crippen MR) is 57.9 cm³/mol. The maximum absolute atomic E-state index is 5.29. The number of aromatic nitrogens is 1. The summed E-state index contributed by atoms with van der Waals surface area (Å²) in [6.45, 7) is 3.44. The lowest BCUT2D eigenvalue weighted by Crippen LogP contribution is -2.36. The molecule has 0 bridgehead atoms. The Morgan fingerprint density at radius 2 is 2.20 bits per heavy atom. The molecule has 15 heavy (non-hydrogen) atoms. The molecule has 1 aromatic heterocycles. The highest BCUT2D eigenvalue weighted by Crippen LogP contribution is 2.16. The SMILES string of the molecule is CONc1ccc(N2CCOCC2)cn1. The first-order chi connectivity index (χ1) is 7.40. The Kier molecular flexibility index (Phi) is 3.37. The number of rotatable bonds is 3. The summed E-state index contributed by atoms with van der Waals surface area (Å²) in [6.07, 6.45) is 1.84. The summed E-state index contributed by atoms with van der Waals surface area (Å²) in [5, 5.41) is 0. The lowest BCUT2D eigenvalue weighted by Gasteiger charge is -2.28. The predicted octanol–water partition coefficient (Wildman–Crippen LogP) is 0.891. The molecule has 2 rings (SSSR count). The molecule has 0 radical (unpaired) electrons. The molecule has 1 fully saturated rings. The lowest BCUT2D eigenvalue weighted by atomic mass is 10.3. The van der Waals surface area contributed by atoms with Crippen molar-refractivity contribution in [3.63, 3.8) is 0 Å². The Bertz CT molecular complexity index is 296. The van der Waals surface area contributed by atoms with Gasteiger partial charge in [0.05, 0.1) is 32.2 Å². The van der Waals surface area contributed by atoms with Crippen LogP contribution < -0.4 is 10.4 Å². The second-order valence-electron chi connectivity index (χ2n) is 3.31. The topological polar surface area (TPSA) is 46.6 Å². The molecule has 1 N–H and O–H groups in total. The summed E-state index contributed by atoms with van der Waals surface area (Å²) in [7, 11) is 1.57. The fourth-order valence-electron chi connectivity index (χ4n) is 1.56. The second kappa shape index (κ2) is 4.95. The van der Waals surface area contributed by atoms with Crippen molar-refractivity contribution in [3.8, 4) is 0 Å². The van der Waals surface area contributed by atoms with Crippen molar-refractivity contribution in [1.82, 2.24) is 4.98 Å². The summed E-state index contributed by atoms with van der Waals surface area (Å²) >= 11 is 0. The van der Waals surface area contributed by atoms with E-state index in [-0.39, 0.29) is 0 Å². The minimum atomic E-state index is 0.717. The number of hydrogen-bond donors (Lipinski definition) is 1. The van der Waals surface area contributed by atoms with Crippen LogP contribution in [0, 0.1) is 0 Å². The van der Waals surface area contributed by atoms with Gasteiger partial charge in [-0.2, -0.15) is 0 Å². The monoisotopic (exact) mass is 209 g/mol. The smallest absolute Gasteiger partial charge is 0.149 e. The van der Waals surface area contributed by atoms with Gasteiger partial charge in [-0.1, -0.05) is 0 Å². The Balaban J connectivity index is 2.02. The van der Waals surface area contributed by atoms with Gasteiger partial charge in [0, 0.05) is 13.1 Å². The van der Waals surface area contributed by atoms with Crippen molar-refractivity contribution in [2.45, 2.75) is 0 Å². The van der Waals surface area contributed by atoms with Gasteiger partial charge < -0.3 is 9.64 Å². The van der Waals surface area contributed by atoms with Crippen LogP contribution in [-0.2, 0) is 9.57 Å². The average molecular weight is 209 g/mol. The van der Waals surface area contributed by atoms with E-state index in [2.05, 4.69) is 15.4 Å². The molecular formula is C10H15N3O2. The summed E-state index contributed by atoms with van der Waals surface area (Å²) in [5.41, 5.74) is 3.81. The molecule has 82 valence electrons. The molecule has 1 aliphatic rings. The summed E-state index contributed by atoms with van der Waals surface area (Å²) in [5.74, 6) is 0.717. The van der Waals surface area contributed by atoms with Crippen molar-refractivity contribution in [2.24, 2.45) is 0 Å². The van der Waals surface area contributed by atoms with Gasteiger partial charge in [0.2, 0.25) is 0 Å². The fraction of sp³-hybridized carbons (Fsp3) is 0.500. The number of ether oxygens (including phenoxy) is 1. The second-order valence-corrected chi connectivity index (χ2v) is 3.31. The first kappa shape index (κ1) is 10.2. The Labute approximate surface area is 89.0 Å². The standard InChI is InChI=1S/C10H15N3O2/c1-14-12-10-3-2-9(8-11-10)13-4-6-15-7-5-13/h2-3,8H,4-7H2,1H3,(H,11,12). The third-order valence-electron chi connectivity index (χ3n) is 2.33. The third-order valence-corrected chi connectivity index (χ3v) is 2.33. The van der Waals surface area contributed by atoms with E-state index >= 15 is 0 Å². The Morgan fingerprint density at radius 3 is 2.80 bits per heavy atom. The van der Waals surface area contributed by atoms with E-state index in [1.807, 2.05) is 18.3 Å². The quantitative estimate of drug-likeness (QED) is 0.749. The van der Waals surface area contributed by atoms with Crippen molar-refractivity contribution in [1.29, 1.82) is 0 Å². The molecule has 1 aliphatic heterocycles. The molecule has 1 aromatic rings. The average Bonchev–Trinajstić information content (AvgIpc) is 2.32. The van der Waals surface area contributed by atoms with Gasteiger partial charge in [0.1, 0.15) is 5.82 Å². The lowest BCUT2D eigenvalue weighted by molar-refractivity contribution is 0.122. The molecule has 0 amide bonds. The van der Waals surface area contributed by atoms with Crippen LogP contribution in [0.25, 0.3) is 0 Å². The van der Waals surface area contributed by atoms with E-state index in [1.54, 1.807) is 7.11 Å². The van der Waals surface area contributed by atoms with E-state index < -0.39 is 0 Å². The van der Waals surface area contributed by atoms with Gasteiger partial charge in [-0.05, 0) is 12.1 Å². The van der Waals surface area contributed by atoms with E-state index in [9.17, 15) is 0 Å². The molecule has 5 heteroatoms. The van der Waals surface area contributed by atoms with E-state index in [1.165, 1.54) is 0 Å². The molecule has 0 saturated carbocycles. The van der Waals surface area contributed by atoms with Crippen LogP contribution >= 0.6 is 0 Å². The normalized spacial score (nSPS) is 16.5. The van der Waals surface area contributed by atoms with E-state index in [4.69, 9.17) is 9.57 Å². The zero-order chi connectivity index (χ0) is 10.5. The first-order valence-corrected chi connectivity index (χ1v) is 4.98. The van der Waals surface area contributed by atoms with Gasteiger partial charge in [-0.25, -0.2) is 10.5 Å². The molecular weight excluding hydrogens is 194 g/mol. The molecule has 0 spiro atoms. The zero-order valence-corrected chi connectivity index (χ0v) is 8.77. The Morgan fingerprint density at radius 1 is 1.40 bits per heavy atom. The Hall–Kier alpha value is -1.33. The van der Waals surface area contributed by atoms with Crippen LogP contribution in [0.2, 0.25) is 0 Å². The number of hydrogen-bond acceptors (Lipinski definition) is 5. The fourth-order valence-corrected chi connectivity index (χ4v) is 1.56. The van der Waals surface area contributed by atoms with Gasteiger partial charge in [-0.3, -0.25) is 4.84 Å². The largest absolute Gasteiger partial charge is 0.378 e. The van der Waals surface area contributed by atoms with Crippen LogP contribution in [0.4, 0.5) is 11.5 Å². The van der Waals surface area contributed by atoms with Crippen LogP contribution in [0.15, 0.2) is 18.3 Å². The molecule has 5 nitrogen and oxygen atoms in total. The molecule has 0 aliphatic carbocycles. The van der Waals surface area contributed by atoms with Crippen LogP contribution in [-0.4, -0.2) is 38.4 Å². The van der Waals surface area contributed by atoms with Crippen molar-refractivity contribution in [3.05, 3.63) is 18.3 Å². The molecule has 0 atom stereocenters. The van der Waals surface area contributed by atoms with E-state index in [0.29, 0.717) is 0 Å². The maximum atomic E-state index is 5.29. The first-order valence-electron chi connectivity index (χ1n) is 4.98. The van der Waals surface area contributed by atoms with Gasteiger partial charge in [-0.15, -0.1) is 0 Å². The number of pyridine rings is 1. The molecule has 0 unspecified atom stereocenters. The highest BCUT2D eigenvalue weighted by molar-refractivity contribution is 5.49. The van der Waals surface area contributed by atoms with Crippen molar-refractivity contribution in [2.75, 3.05) is 43.8 Å². The summed E-state index contributed by atoms with van der Waals surface area (Å²) < 4.78 is 5.29. The van der Waals surface area contributed by atoms with Crippen LogP contribution in [0.1, 0.15) is 0 Å². The van der Waals surface area contributed by atoms with Crippen LogP contribution in [0.5, 0.6) is 0 Å². The highest BCUT2D eigenvalue weighted by atomic mass is 16.6. The highest BCUT2D eigenvalue weighted by Gasteiger charge is 2.10. The zero-order valence-electron chi connectivity index (χ0n) is 8.77. The maximum Gasteiger partial charge on any atom is 0.149 e. The van der Waals surface area contributed by atoms with Crippen molar-refractivity contribution < 1.29 is 9.57 Å². The van der Waals surface area contributed by atoms with Gasteiger partial charge >= 0.3 is 0 Å². The minimum absolute atomic E-state index is 0.717. The summed E-state index contributed by atoms with van der Waals surface area (Å²) in [6, 6.07) is 3.92. The number of nitrogens with one attached hydrogen (secondary N) is 1. The molecule has 1 saturated heterocycles. The number of morpholine rings is 1. The van der Waals surface area contributed by atoms with Crippen molar-refractivity contribution >= 4 is 11.5 Å².